The van der Waals surface area contributed by atoms with Crippen LogP contribution in [0.15, 0.2) is 12.3 Å². The van der Waals surface area contributed by atoms with E-state index in [9.17, 15) is 13.2 Å². The smallest absolute Gasteiger partial charge is 0.292 e. The van der Waals surface area contributed by atoms with Crippen molar-refractivity contribution in [2.45, 2.75) is 13.1 Å². The zero-order valence-electron chi connectivity index (χ0n) is 10.2. The number of rotatable bonds is 2. The summed E-state index contributed by atoms with van der Waals surface area (Å²) in [7, 11) is 1.69. The lowest BCUT2D eigenvalue weighted by Crippen LogP contribution is -2.15. The van der Waals surface area contributed by atoms with Crippen LogP contribution in [0.5, 0.6) is 0 Å². The van der Waals surface area contributed by atoms with E-state index >= 15 is 0 Å². The van der Waals surface area contributed by atoms with Gasteiger partial charge in [-0.15, -0.1) is 0 Å². The second kappa shape index (κ2) is 4.50. The molecule has 3 N–H and O–H groups in total. The molecule has 0 saturated carbocycles. The lowest BCUT2D eigenvalue weighted by Gasteiger charge is -2.09. The van der Waals surface area contributed by atoms with E-state index in [0.29, 0.717) is 11.3 Å². The Morgan fingerprint density at radius 3 is 2.47 bits per heavy atom. The highest BCUT2D eigenvalue weighted by molar-refractivity contribution is 5.62. The minimum Gasteiger partial charge on any atom is -0.292 e. The molecule has 2 rings (SSSR count). The Balaban J connectivity index is 2.61. The Labute approximate surface area is 106 Å². The van der Waals surface area contributed by atoms with Crippen molar-refractivity contribution < 1.29 is 13.2 Å². The quantitative estimate of drug-likeness (QED) is 0.639. The SMILES string of the molecule is Cc1c(-c2cc(C(F)(F)F)nc(NN)n2)cnn1C. The largest absolute Gasteiger partial charge is 0.433 e. The first-order chi connectivity index (χ1) is 8.82. The summed E-state index contributed by atoms with van der Waals surface area (Å²) in [4.78, 5) is 7.19. The van der Waals surface area contributed by atoms with E-state index in [1.54, 1.807) is 18.7 Å². The van der Waals surface area contributed by atoms with Crippen molar-refractivity contribution in [2.75, 3.05) is 5.43 Å². The van der Waals surface area contributed by atoms with Gasteiger partial charge in [-0.3, -0.25) is 10.1 Å². The number of alkyl halides is 3. The van der Waals surface area contributed by atoms with Gasteiger partial charge in [0.05, 0.1) is 11.9 Å². The average Bonchev–Trinajstić information content (AvgIpc) is 2.68. The molecule has 0 amide bonds. The Hall–Kier alpha value is -2.16. The Morgan fingerprint density at radius 2 is 2.00 bits per heavy atom. The molecule has 0 aliphatic heterocycles. The predicted octanol–water partition coefficient (Wildman–Crippen LogP) is 1.49. The highest BCUT2D eigenvalue weighted by atomic mass is 19.4. The fourth-order valence-electron chi connectivity index (χ4n) is 1.55. The maximum absolute atomic E-state index is 12.7. The molecule has 0 aliphatic rings. The van der Waals surface area contributed by atoms with Gasteiger partial charge in [0, 0.05) is 18.3 Å². The van der Waals surface area contributed by atoms with Gasteiger partial charge in [-0.25, -0.2) is 15.8 Å². The molecule has 0 atom stereocenters. The fraction of sp³-hybridized carbons (Fsp3) is 0.300. The molecular weight excluding hydrogens is 261 g/mol. The minimum absolute atomic E-state index is 0.112. The Bertz CT molecular complexity index is 604. The van der Waals surface area contributed by atoms with Gasteiger partial charge in [-0.2, -0.15) is 18.3 Å². The van der Waals surface area contributed by atoms with E-state index in [0.717, 1.165) is 6.07 Å². The zero-order valence-corrected chi connectivity index (χ0v) is 10.2. The normalized spacial score (nSPS) is 11.7. The Morgan fingerprint density at radius 1 is 1.32 bits per heavy atom. The van der Waals surface area contributed by atoms with Crippen LogP contribution in [0.2, 0.25) is 0 Å². The van der Waals surface area contributed by atoms with Gasteiger partial charge in [0.15, 0.2) is 5.69 Å². The molecule has 6 nitrogen and oxygen atoms in total. The number of hydrazine groups is 1. The van der Waals surface area contributed by atoms with E-state index < -0.39 is 11.9 Å². The second-order valence-corrected chi connectivity index (χ2v) is 3.87. The third kappa shape index (κ3) is 2.50. The van der Waals surface area contributed by atoms with Crippen molar-refractivity contribution in [3.8, 4) is 11.3 Å². The van der Waals surface area contributed by atoms with Gasteiger partial charge in [-0.05, 0) is 13.0 Å². The highest BCUT2D eigenvalue weighted by Crippen LogP contribution is 2.31. The first-order valence-electron chi connectivity index (χ1n) is 5.25. The zero-order chi connectivity index (χ0) is 14.2. The number of hydrogen-bond acceptors (Lipinski definition) is 5. The third-order valence-corrected chi connectivity index (χ3v) is 2.66. The molecule has 0 aliphatic carbocycles. The number of nitrogen functional groups attached to an aromatic ring is 1. The molecule has 102 valence electrons. The standard InChI is InChI=1S/C10H11F3N6/c1-5-6(4-15-19(5)2)7-3-8(10(11,12)13)17-9(16-7)18-14/h3-4H,14H2,1-2H3,(H,16,17,18). The van der Waals surface area contributed by atoms with Gasteiger partial charge < -0.3 is 0 Å². The molecule has 0 radical (unpaired) electrons. The summed E-state index contributed by atoms with van der Waals surface area (Å²) in [5.74, 6) is 4.79. The average molecular weight is 272 g/mol. The first-order valence-corrected chi connectivity index (χ1v) is 5.25. The first kappa shape index (κ1) is 13.3. The summed E-state index contributed by atoms with van der Waals surface area (Å²) in [6.07, 6.45) is -3.13. The monoisotopic (exact) mass is 272 g/mol. The van der Waals surface area contributed by atoms with Gasteiger partial charge in [-0.1, -0.05) is 0 Å². The summed E-state index contributed by atoms with van der Waals surface area (Å²) in [5, 5.41) is 3.96. The molecule has 9 heteroatoms. The molecule has 2 heterocycles. The number of anilines is 1. The van der Waals surface area contributed by atoms with Crippen LogP contribution in [0, 0.1) is 6.92 Å². The van der Waals surface area contributed by atoms with E-state index in [-0.39, 0.29) is 11.6 Å². The van der Waals surface area contributed by atoms with Crippen molar-refractivity contribution in [2.24, 2.45) is 12.9 Å². The lowest BCUT2D eigenvalue weighted by atomic mass is 10.1. The summed E-state index contributed by atoms with van der Waals surface area (Å²) in [6, 6.07) is 0.866. The number of nitrogens with zero attached hydrogens (tertiary/aromatic N) is 4. The number of halogens is 3. The van der Waals surface area contributed by atoms with Gasteiger partial charge in [0.1, 0.15) is 0 Å². The van der Waals surface area contributed by atoms with Crippen molar-refractivity contribution in [3.05, 3.63) is 23.7 Å². The molecule has 0 bridgehead atoms. The Kier molecular flexibility index (Phi) is 3.14. The van der Waals surface area contributed by atoms with Crippen LogP contribution in [0.4, 0.5) is 19.1 Å². The second-order valence-electron chi connectivity index (χ2n) is 3.87. The van der Waals surface area contributed by atoms with Crippen molar-refractivity contribution >= 4 is 5.95 Å². The number of nitrogens with one attached hydrogen (secondary N) is 1. The maximum atomic E-state index is 12.7. The van der Waals surface area contributed by atoms with Gasteiger partial charge >= 0.3 is 6.18 Å². The third-order valence-electron chi connectivity index (χ3n) is 2.66. The van der Waals surface area contributed by atoms with Crippen LogP contribution in [-0.2, 0) is 13.2 Å². The molecule has 2 aromatic heterocycles. The molecule has 19 heavy (non-hydrogen) atoms. The van der Waals surface area contributed by atoms with E-state index in [1.165, 1.54) is 6.20 Å². The van der Waals surface area contributed by atoms with Crippen molar-refractivity contribution in [3.63, 3.8) is 0 Å². The molecule has 0 unspecified atom stereocenters. The number of hydrogen-bond donors (Lipinski definition) is 2. The molecular formula is C10H11F3N6. The lowest BCUT2D eigenvalue weighted by molar-refractivity contribution is -0.141. The fourth-order valence-corrected chi connectivity index (χ4v) is 1.55. The van der Waals surface area contributed by atoms with Crippen LogP contribution in [0.3, 0.4) is 0 Å². The molecule has 2 aromatic rings. The summed E-state index contributed by atoms with van der Waals surface area (Å²) >= 11 is 0. The van der Waals surface area contributed by atoms with Crippen LogP contribution in [0.1, 0.15) is 11.4 Å². The molecule has 0 aromatic carbocycles. The van der Waals surface area contributed by atoms with Crippen molar-refractivity contribution in [1.29, 1.82) is 0 Å². The van der Waals surface area contributed by atoms with Crippen molar-refractivity contribution in [1.82, 2.24) is 19.7 Å². The molecule has 0 fully saturated rings. The van der Waals surface area contributed by atoms with E-state index in [2.05, 4.69) is 15.1 Å². The van der Waals surface area contributed by atoms with Crippen LogP contribution in [-0.4, -0.2) is 19.7 Å². The molecule has 0 spiro atoms. The summed E-state index contributed by atoms with van der Waals surface area (Å²) in [6.45, 7) is 1.73. The molecule has 0 saturated heterocycles. The summed E-state index contributed by atoms with van der Waals surface area (Å²) < 4.78 is 39.7. The number of aryl methyl sites for hydroxylation is 1. The van der Waals surface area contributed by atoms with E-state index in [4.69, 9.17) is 5.84 Å². The topological polar surface area (TPSA) is 81.7 Å². The highest BCUT2D eigenvalue weighted by Gasteiger charge is 2.34. The van der Waals surface area contributed by atoms with Gasteiger partial charge in [0.25, 0.3) is 0 Å². The van der Waals surface area contributed by atoms with Crippen LogP contribution < -0.4 is 11.3 Å². The summed E-state index contributed by atoms with van der Waals surface area (Å²) in [5.41, 5.74) is 2.26. The van der Waals surface area contributed by atoms with Crippen LogP contribution in [0.25, 0.3) is 11.3 Å². The van der Waals surface area contributed by atoms with Crippen LogP contribution >= 0.6 is 0 Å². The van der Waals surface area contributed by atoms with E-state index in [1.807, 2.05) is 5.43 Å². The number of aromatic nitrogens is 4. The number of nitrogens with two attached hydrogens (primary N) is 1. The predicted molar refractivity (Wildman–Crippen MR) is 61.8 cm³/mol. The minimum atomic E-state index is -4.57. The maximum Gasteiger partial charge on any atom is 0.433 e. The van der Waals surface area contributed by atoms with Gasteiger partial charge in [0.2, 0.25) is 5.95 Å².